The zero-order valence-electron chi connectivity index (χ0n) is 13.8. The first-order valence-corrected chi connectivity index (χ1v) is 9.63. The van der Waals surface area contributed by atoms with E-state index in [1.165, 1.54) is 7.11 Å². The molecule has 0 saturated carbocycles. The van der Waals surface area contributed by atoms with Crippen molar-refractivity contribution in [2.24, 2.45) is 0 Å². The zero-order chi connectivity index (χ0) is 19.4. The first kappa shape index (κ1) is 19.8. The van der Waals surface area contributed by atoms with E-state index in [0.29, 0.717) is 32.1 Å². The molecular formula is C17H12Cl3N3O3S. The maximum absolute atomic E-state index is 12.2. The average molecular weight is 445 g/mol. The number of amides is 1. The third-order valence-corrected chi connectivity index (χ3v) is 4.93. The minimum absolute atomic E-state index is 0.0612. The quantitative estimate of drug-likeness (QED) is 0.510. The molecule has 0 aliphatic heterocycles. The average Bonchev–Trinajstić information content (AvgIpc) is 3.09. The van der Waals surface area contributed by atoms with Crippen LogP contribution in [0.3, 0.4) is 0 Å². The number of ether oxygens (including phenoxy) is 1. The Morgan fingerprint density at radius 3 is 2.63 bits per heavy atom. The normalized spacial score (nSPS) is 10.7. The second-order valence-corrected chi connectivity index (χ2v) is 7.39. The van der Waals surface area contributed by atoms with Gasteiger partial charge in [0.05, 0.1) is 29.1 Å². The van der Waals surface area contributed by atoms with Crippen molar-refractivity contribution in [1.82, 2.24) is 10.2 Å². The van der Waals surface area contributed by atoms with Gasteiger partial charge in [-0.2, -0.15) is 0 Å². The van der Waals surface area contributed by atoms with Gasteiger partial charge < -0.3 is 14.5 Å². The monoisotopic (exact) mass is 443 g/mol. The summed E-state index contributed by atoms with van der Waals surface area (Å²) in [5, 5.41) is 12.2. The Kier molecular flexibility index (Phi) is 6.49. The molecule has 27 heavy (non-hydrogen) atoms. The van der Waals surface area contributed by atoms with Gasteiger partial charge in [-0.1, -0.05) is 46.6 Å². The Bertz CT molecular complexity index is 981. The number of anilines is 1. The summed E-state index contributed by atoms with van der Waals surface area (Å²) in [5.41, 5.74) is 1.04. The van der Waals surface area contributed by atoms with Crippen LogP contribution >= 0.6 is 46.6 Å². The summed E-state index contributed by atoms with van der Waals surface area (Å²) in [6.07, 6.45) is 0. The lowest BCUT2D eigenvalue weighted by Crippen LogP contribution is -2.14. The number of aromatic nitrogens is 2. The van der Waals surface area contributed by atoms with E-state index >= 15 is 0 Å². The van der Waals surface area contributed by atoms with Gasteiger partial charge in [0.1, 0.15) is 5.75 Å². The summed E-state index contributed by atoms with van der Waals surface area (Å²) in [4.78, 5) is 12.2. The van der Waals surface area contributed by atoms with Crippen LogP contribution in [0, 0.1) is 0 Å². The smallest absolute Gasteiger partial charge is 0.277 e. The van der Waals surface area contributed by atoms with Gasteiger partial charge in [-0.15, -0.1) is 10.2 Å². The lowest BCUT2D eigenvalue weighted by molar-refractivity contribution is -0.113. The number of thioether (sulfide) groups is 1. The van der Waals surface area contributed by atoms with Crippen molar-refractivity contribution in [3.63, 3.8) is 0 Å². The van der Waals surface area contributed by atoms with Crippen LogP contribution in [0.1, 0.15) is 0 Å². The van der Waals surface area contributed by atoms with Crippen molar-refractivity contribution in [1.29, 1.82) is 0 Å². The first-order chi connectivity index (χ1) is 13.0. The van der Waals surface area contributed by atoms with E-state index in [9.17, 15) is 4.79 Å². The first-order valence-electron chi connectivity index (χ1n) is 7.51. The predicted octanol–water partition coefficient (Wildman–Crippen LogP) is 5.44. The Balaban J connectivity index is 1.63. The molecule has 0 aliphatic carbocycles. The molecule has 0 atom stereocenters. The van der Waals surface area contributed by atoms with Gasteiger partial charge in [0, 0.05) is 10.0 Å². The van der Waals surface area contributed by atoms with Gasteiger partial charge in [0.15, 0.2) is 0 Å². The molecule has 0 unspecified atom stereocenters. The van der Waals surface area contributed by atoms with Crippen LogP contribution in [-0.2, 0) is 4.79 Å². The van der Waals surface area contributed by atoms with Crippen LogP contribution in [0.25, 0.3) is 11.5 Å². The highest BCUT2D eigenvalue weighted by atomic mass is 35.5. The third kappa shape index (κ3) is 5.07. The summed E-state index contributed by atoms with van der Waals surface area (Å²) in [6.45, 7) is 0. The van der Waals surface area contributed by atoms with E-state index < -0.39 is 0 Å². The maximum Gasteiger partial charge on any atom is 0.277 e. The van der Waals surface area contributed by atoms with Crippen LogP contribution in [0.2, 0.25) is 15.1 Å². The molecule has 140 valence electrons. The fourth-order valence-electron chi connectivity index (χ4n) is 2.13. The zero-order valence-corrected chi connectivity index (χ0v) is 16.9. The molecule has 1 heterocycles. The van der Waals surface area contributed by atoms with E-state index in [1.807, 2.05) is 0 Å². The number of hydrogen-bond donors (Lipinski definition) is 1. The van der Waals surface area contributed by atoms with Crippen LogP contribution in [0.4, 0.5) is 5.69 Å². The number of benzene rings is 2. The molecule has 0 bridgehead atoms. The fourth-order valence-corrected chi connectivity index (χ4v) is 3.36. The van der Waals surface area contributed by atoms with Crippen molar-refractivity contribution in [2.45, 2.75) is 5.22 Å². The number of methoxy groups -OCH3 is 1. The van der Waals surface area contributed by atoms with Crippen LogP contribution in [0.15, 0.2) is 46.0 Å². The maximum atomic E-state index is 12.2. The second-order valence-electron chi connectivity index (χ2n) is 5.18. The molecule has 0 radical (unpaired) electrons. The summed E-state index contributed by atoms with van der Waals surface area (Å²) in [7, 11) is 1.51. The minimum atomic E-state index is -0.273. The van der Waals surface area contributed by atoms with Crippen molar-refractivity contribution in [2.75, 3.05) is 18.2 Å². The summed E-state index contributed by atoms with van der Waals surface area (Å²) in [6, 6.07) is 9.89. The van der Waals surface area contributed by atoms with Gasteiger partial charge in [0.2, 0.25) is 11.8 Å². The lowest BCUT2D eigenvalue weighted by Gasteiger charge is -2.09. The van der Waals surface area contributed by atoms with Crippen molar-refractivity contribution < 1.29 is 13.9 Å². The molecule has 1 amide bonds. The van der Waals surface area contributed by atoms with Crippen LogP contribution < -0.4 is 10.1 Å². The number of halogens is 3. The third-order valence-electron chi connectivity index (χ3n) is 3.33. The SMILES string of the molecule is COc1ccc(Cl)cc1NC(=O)CSc1nnc(-c2ccc(Cl)cc2Cl)o1. The molecule has 0 fully saturated rings. The van der Waals surface area contributed by atoms with Crippen molar-refractivity contribution in [3.05, 3.63) is 51.5 Å². The molecule has 1 aromatic heterocycles. The Morgan fingerprint density at radius 2 is 1.89 bits per heavy atom. The molecule has 6 nitrogen and oxygen atoms in total. The minimum Gasteiger partial charge on any atom is -0.495 e. The summed E-state index contributed by atoms with van der Waals surface area (Å²) >= 11 is 19.0. The largest absolute Gasteiger partial charge is 0.495 e. The van der Waals surface area contributed by atoms with E-state index in [1.54, 1.807) is 36.4 Å². The van der Waals surface area contributed by atoms with Crippen molar-refractivity contribution >= 4 is 58.2 Å². The molecule has 1 N–H and O–H groups in total. The molecule has 3 rings (SSSR count). The highest BCUT2D eigenvalue weighted by Gasteiger charge is 2.15. The number of nitrogens with zero attached hydrogens (tertiary/aromatic N) is 2. The molecule has 3 aromatic rings. The highest BCUT2D eigenvalue weighted by molar-refractivity contribution is 7.99. The molecular weight excluding hydrogens is 433 g/mol. The lowest BCUT2D eigenvalue weighted by atomic mass is 10.2. The fraction of sp³-hybridized carbons (Fsp3) is 0.118. The van der Waals surface area contributed by atoms with Gasteiger partial charge in [0.25, 0.3) is 5.22 Å². The molecule has 0 aliphatic rings. The Morgan fingerprint density at radius 1 is 1.15 bits per heavy atom. The Labute approximate surface area is 174 Å². The molecule has 0 spiro atoms. The van der Waals surface area contributed by atoms with E-state index in [0.717, 1.165) is 11.8 Å². The molecule has 2 aromatic carbocycles. The molecule has 0 saturated heterocycles. The van der Waals surface area contributed by atoms with Gasteiger partial charge in [-0.3, -0.25) is 4.79 Å². The number of rotatable bonds is 6. The van der Waals surface area contributed by atoms with E-state index in [2.05, 4.69) is 15.5 Å². The van der Waals surface area contributed by atoms with Gasteiger partial charge in [-0.05, 0) is 36.4 Å². The van der Waals surface area contributed by atoms with E-state index in [4.69, 9.17) is 44.0 Å². The molecule has 10 heteroatoms. The van der Waals surface area contributed by atoms with Crippen molar-refractivity contribution in [3.8, 4) is 17.2 Å². The van der Waals surface area contributed by atoms with E-state index in [-0.39, 0.29) is 22.8 Å². The predicted molar refractivity (Wildman–Crippen MR) is 107 cm³/mol. The van der Waals surface area contributed by atoms with Gasteiger partial charge >= 0.3 is 0 Å². The second kappa shape index (κ2) is 8.84. The van der Waals surface area contributed by atoms with Crippen LogP contribution in [-0.4, -0.2) is 29.0 Å². The number of carbonyl (C=O) groups is 1. The highest BCUT2D eigenvalue weighted by Crippen LogP contribution is 2.31. The summed E-state index contributed by atoms with van der Waals surface area (Å²) < 4.78 is 10.7. The van der Waals surface area contributed by atoms with Crippen LogP contribution in [0.5, 0.6) is 5.75 Å². The topological polar surface area (TPSA) is 77.2 Å². The Hall–Kier alpha value is -1.93. The number of carbonyl (C=O) groups excluding carboxylic acids is 1. The van der Waals surface area contributed by atoms with Gasteiger partial charge in [-0.25, -0.2) is 0 Å². The number of nitrogens with one attached hydrogen (secondary N) is 1. The number of hydrogen-bond acceptors (Lipinski definition) is 6. The standard InChI is InChI=1S/C17H12Cl3N3O3S/c1-25-14-5-3-10(19)7-13(14)21-15(24)8-27-17-23-22-16(26-17)11-4-2-9(18)6-12(11)20/h2-7H,8H2,1H3,(H,21,24). The summed E-state index contributed by atoms with van der Waals surface area (Å²) in [5.74, 6) is 0.544.